The Bertz CT molecular complexity index is 12.9. The molecule has 0 aliphatic heterocycles. The molecule has 0 saturated heterocycles. The molecule has 5 heteroatoms. The van der Waals surface area contributed by atoms with Gasteiger partial charge in [0.1, 0.15) is 0 Å². The molecule has 0 aliphatic carbocycles. The second-order valence-electron chi connectivity index (χ2n) is 0.316. The van der Waals surface area contributed by atoms with E-state index in [-0.39, 0.29) is 98.5 Å². The van der Waals surface area contributed by atoms with Crippen LogP contribution < -0.4 is 80.9 Å². The Hall–Kier alpha value is 2.52. The van der Waals surface area contributed by atoms with Crippen LogP contribution in [-0.4, -0.2) is 22.7 Å². The predicted octanol–water partition coefficient (Wildman–Crippen LogP) is -6.35. The molecule has 0 aliphatic rings. The van der Waals surface area contributed by atoms with Crippen molar-refractivity contribution in [1.82, 2.24) is 0 Å². The van der Waals surface area contributed by atoms with Gasteiger partial charge in [-0.1, -0.05) is 0 Å². The summed E-state index contributed by atoms with van der Waals surface area (Å²) in [6, 6.07) is 0. The molecule has 0 saturated carbocycles. The van der Waals surface area contributed by atoms with E-state index in [9.17, 15) is 0 Å². The molecule has 0 atom stereocenters. The summed E-state index contributed by atoms with van der Waals surface area (Å²) in [5.41, 5.74) is 0. The van der Waals surface area contributed by atoms with E-state index in [1.807, 2.05) is 0 Å². The van der Waals surface area contributed by atoms with Crippen molar-refractivity contribution in [2.24, 2.45) is 0 Å². The fourth-order valence-electron chi connectivity index (χ4n) is 0. The summed E-state index contributed by atoms with van der Waals surface area (Å²) in [6.07, 6.45) is 0. The second-order valence-corrected chi connectivity index (χ2v) is 0.316. The molecular weight excluding hydrogens is 134 g/mol. The van der Waals surface area contributed by atoms with Gasteiger partial charge < -0.3 is 16.1 Å². The first kappa shape index (κ1) is 33.8. The number of hydrogen-bond donors (Lipinski definition) is 1. The number of aliphatic hydroxyl groups is 1. The molecule has 0 aromatic carbocycles. The fraction of sp³-hybridized carbons (Fsp3) is 1.00. The molecule has 0 aromatic heterocycles. The summed E-state index contributed by atoms with van der Waals surface area (Å²) >= 11 is 0. The van der Waals surface area contributed by atoms with E-state index in [2.05, 4.69) is 0 Å². The number of aliphatic hydroxyl groups excluding tert-OH is 1. The van der Waals surface area contributed by atoms with Crippen LogP contribution in [-0.2, 0) is 0 Å². The van der Waals surface area contributed by atoms with Gasteiger partial charge in [0.25, 0.3) is 0 Å². The molecule has 0 rings (SSSR count). The van der Waals surface area contributed by atoms with Crippen LogP contribution >= 0.6 is 0 Å². The topological polar surface area (TPSA) is 80.2 Å². The minimum absolute atomic E-state index is 0. The molecule has 0 spiro atoms. The normalized spacial score (nSPS) is 2.57. The molecule has 3 nitrogen and oxygen atoms in total. The Kier molecular flexibility index (Phi) is 188. The maximum absolute atomic E-state index is 7.57. The number of hydrogen-bond acceptors (Lipinski definition) is 3. The molecule has 7 heavy (non-hydrogen) atoms. The van der Waals surface area contributed by atoms with Crippen molar-refractivity contribution in [3.63, 3.8) is 0 Å². The maximum atomic E-state index is 7.57. The van der Waals surface area contributed by atoms with Gasteiger partial charge >= 0.3 is 80.9 Å². The van der Waals surface area contributed by atoms with Gasteiger partial charge in [-0.3, -0.25) is 0 Å². The summed E-state index contributed by atoms with van der Waals surface area (Å²) in [5, 5.41) is 7.57. The van der Waals surface area contributed by atoms with Gasteiger partial charge in [0.2, 0.25) is 0 Å². The zero-order chi connectivity index (χ0) is 2.71. The average Bonchev–Trinajstić information content (AvgIpc) is 0.918. The third kappa shape index (κ3) is 57.1. The quantitative estimate of drug-likeness (QED) is 0.342. The molecule has 0 fully saturated rings. The van der Waals surface area contributed by atoms with Crippen LogP contribution in [0.25, 0.3) is 0 Å². The standard InChI is InChI=1S/C2H6O.K.Na.2H2O/c1-2-3;;;;/h3H,2H2,1H3;;;2*1H2/q;2*+1;;/p-2. The summed E-state index contributed by atoms with van der Waals surface area (Å²) in [5.74, 6) is 0. The summed E-state index contributed by atoms with van der Waals surface area (Å²) in [6.45, 7) is 1.93. The van der Waals surface area contributed by atoms with E-state index in [0.29, 0.717) is 0 Å². The Morgan fingerprint density at radius 3 is 1.29 bits per heavy atom. The zero-order valence-electron chi connectivity index (χ0n) is 5.05. The molecule has 0 bridgehead atoms. The van der Waals surface area contributed by atoms with Crippen molar-refractivity contribution in [2.45, 2.75) is 6.92 Å². The first-order chi connectivity index (χ1) is 1.41. The van der Waals surface area contributed by atoms with Gasteiger partial charge in [-0.05, 0) is 6.92 Å². The minimum atomic E-state index is 0. The largest absolute Gasteiger partial charge is 1.00 e. The van der Waals surface area contributed by atoms with Crippen LogP contribution in [0.1, 0.15) is 6.92 Å². The van der Waals surface area contributed by atoms with Crippen molar-refractivity contribution in [1.29, 1.82) is 0 Å². The third-order valence-electron chi connectivity index (χ3n) is 0. The summed E-state index contributed by atoms with van der Waals surface area (Å²) in [7, 11) is 0. The Labute approximate surface area is 108 Å². The van der Waals surface area contributed by atoms with E-state index < -0.39 is 0 Å². The van der Waals surface area contributed by atoms with E-state index >= 15 is 0 Å². The molecular formula is C2H8KNaO3. The van der Waals surface area contributed by atoms with Crippen molar-refractivity contribution in [2.75, 3.05) is 6.61 Å². The monoisotopic (exact) mass is 142 g/mol. The van der Waals surface area contributed by atoms with Gasteiger partial charge in [0.15, 0.2) is 0 Å². The average molecular weight is 142 g/mol. The van der Waals surface area contributed by atoms with Gasteiger partial charge in [-0.25, -0.2) is 0 Å². The Morgan fingerprint density at radius 1 is 1.29 bits per heavy atom. The first-order valence-electron chi connectivity index (χ1n) is 1.02. The molecule has 0 aromatic rings. The molecule has 0 radical (unpaired) electrons. The van der Waals surface area contributed by atoms with Crippen LogP contribution in [0.15, 0.2) is 0 Å². The van der Waals surface area contributed by atoms with Crippen molar-refractivity contribution in [3.05, 3.63) is 0 Å². The smallest absolute Gasteiger partial charge is 0.870 e. The van der Waals surface area contributed by atoms with Gasteiger partial charge in [-0.2, -0.15) is 0 Å². The van der Waals surface area contributed by atoms with Crippen LogP contribution in [0.5, 0.6) is 0 Å². The predicted molar refractivity (Wildman–Crippen MR) is 16.6 cm³/mol. The van der Waals surface area contributed by atoms with Crippen LogP contribution in [0.4, 0.5) is 0 Å². The number of rotatable bonds is 0. The molecule has 0 amide bonds. The van der Waals surface area contributed by atoms with Crippen LogP contribution in [0.2, 0.25) is 0 Å². The Morgan fingerprint density at radius 2 is 1.29 bits per heavy atom. The van der Waals surface area contributed by atoms with Crippen molar-refractivity contribution < 1.29 is 97.0 Å². The van der Waals surface area contributed by atoms with E-state index in [1.165, 1.54) is 0 Å². The van der Waals surface area contributed by atoms with Crippen molar-refractivity contribution in [3.8, 4) is 0 Å². The zero-order valence-corrected chi connectivity index (χ0v) is 10.2. The van der Waals surface area contributed by atoms with E-state index in [0.717, 1.165) is 0 Å². The molecule has 0 heterocycles. The summed E-state index contributed by atoms with van der Waals surface area (Å²) < 4.78 is 0. The summed E-state index contributed by atoms with van der Waals surface area (Å²) in [4.78, 5) is 0. The van der Waals surface area contributed by atoms with Crippen molar-refractivity contribution >= 4 is 0 Å². The third-order valence-corrected chi connectivity index (χ3v) is 0. The van der Waals surface area contributed by atoms with Gasteiger partial charge in [0, 0.05) is 6.61 Å². The second kappa shape index (κ2) is 38.9. The fourth-order valence-corrected chi connectivity index (χ4v) is 0. The molecule has 36 valence electrons. The first-order valence-corrected chi connectivity index (χ1v) is 1.02. The Balaban J connectivity index is -0.00000000333. The van der Waals surface area contributed by atoms with Crippen LogP contribution in [0, 0.1) is 0 Å². The minimum Gasteiger partial charge on any atom is -0.870 e. The van der Waals surface area contributed by atoms with E-state index in [4.69, 9.17) is 5.11 Å². The molecule has 0 unspecified atom stereocenters. The van der Waals surface area contributed by atoms with Gasteiger partial charge in [-0.15, -0.1) is 0 Å². The van der Waals surface area contributed by atoms with Crippen LogP contribution in [0.3, 0.4) is 0 Å². The SMILES string of the molecule is CCO.[K+].[Na+].[OH-].[OH-]. The van der Waals surface area contributed by atoms with E-state index in [1.54, 1.807) is 6.92 Å². The molecule has 3 N–H and O–H groups in total. The van der Waals surface area contributed by atoms with Gasteiger partial charge in [0.05, 0.1) is 0 Å². The maximum Gasteiger partial charge on any atom is 1.00 e.